The zero-order chi connectivity index (χ0) is 21.0. The normalized spacial score (nSPS) is 19.0. The predicted molar refractivity (Wildman–Crippen MR) is 99.3 cm³/mol. The van der Waals surface area contributed by atoms with E-state index < -0.39 is 17.2 Å². The Hall–Kier alpha value is -2.58. The predicted octanol–water partition coefficient (Wildman–Crippen LogP) is 4.40. The molecule has 1 aliphatic carbocycles. The number of hydrogen-bond donors (Lipinski definition) is 1. The first-order valence-corrected chi connectivity index (χ1v) is 9.56. The molecule has 1 aliphatic heterocycles. The minimum atomic E-state index is -4.32. The number of hydrogen-bond acceptors (Lipinski definition) is 4. The highest BCUT2D eigenvalue weighted by atomic mass is 19.4. The topological polar surface area (TPSA) is 71.1 Å². The molecule has 0 unspecified atom stereocenters. The van der Waals surface area contributed by atoms with E-state index in [1.807, 2.05) is 32.9 Å². The Balaban J connectivity index is 1.40. The van der Waals surface area contributed by atoms with E-state index in [4.69, 9.17) is 4.74 Å². The van der Waals surface area contributed by atoms with Crippen LogP contribution in [0, 0.1) is 0 Å². The number of likely N-dealkylation sites (tertiary alicyclic amines) is 1. The minimum Gasteiger partial charge on any atom is -0.444 e. The van der Waals surface area contributed by atoms with Crippen LogP contribution in [0.2, 0.25) is 0 Å². The maximum Gasteiger partial charge on any atom is 0.410 e. The summed E-state index contributed by atoms with van der Waals surface area (Å²) in [6.45, 7) is 6.64. The molecule has 2 fully saturated rings. The van der Waals surface area contributed by atoms with Crippen LogP contribution >= 0.6 is 0 Å². The summed E-state index contributed by atoms with van der Waals surface area (Å²) in [7, 11) is 0. The van der Waals surface area contributed by atoms with Crippen molar-refractivity contribution in [3.8, 4) is 11.4 Å². The monoisotopic (exact) mass is 408 g/mol. The SMILES string of the molecule is CC(C)(C)OC(=O)N1CC(c2ccc(-c3n[nH]c(C4(C(F)(F)F)CC4)n3)cc2)C1. The number of aromatic nitrogens is 3. The zero-order valence-corrected chi connectivity index (χ0v) is 16.5. The molecule has 29 heavy (non-hydrogen) atoms. The number of aromatic amines is 1. The van der Waals surface area contributed by atoms with E-state index in [1.165, 1.54) is 0 Å². The molecule has 1 saturated carbocycles. The van der Waals surface area contributed by atoms with Crippen molar-refractivity contribution in [1.29, 1.82) is 0 Å². The highest BCUT2D eigenvalue weighted by molar-refractivity contribution is 5.69. The van der Waals surface area contributed by atoms with E-state index in [0.29, 0.717) is 18.7 Å². The number of amides is 1. The summed E-state index contributed by atoms with van der Waals surface area (Å²) in [5.41, 5.74) is -0.685. The lowest BCUT2D eigenvalue weighted by atomic mass is 9.91. The number of H-pyrrole nitrogens is 1. The summed E-state index contributed by atoms with van der Waals surface area (Å²) in [6.07, 6.45) is -4.56. The molecule has 1 N–H and O–H groups in total. The van der Waals surface area contributed by atoms with Crippen LogP contribution in [0.3, 0.4) is 0 Å². The number of benzene rings is 1. The fraction of sp³-hybridized carbons (Fsp3) is 0.550. The molecule has 2 aliphatic rings. The van der Waals surface area contributed by atoms with Crippen LogP contribution in [-0.4, -0.2) is 51.0 Å². The summed E-state index contributed by atoms with van der Waals surface area (Å²) < 4.78 is 45.1. The Kier molecular flexibility index (Phi) is 4.40. The molecule has 2 aromatic rings. The van der Waals surface area contributed by atoms with E-state index in [9.17, 15) is 18.0 Å². The van der Waals surface area contributed by atoms with Crippen LogP contribution in [0.5, 0.6) is 0 Å². The lowest BCUT2D eigenvalue weighted by Crippen LogP contribution is -2.50. The largest absolute Gasteiger partial charge is 0.444 e. The van der Waals surface area contributed by atoms with Crippen molar-refractivity contribution in [1.82, 2.24) is 20.1 Å². The van der Waals surface area contributed by atoms with E-state index in [1.54, 1.807) is 17.0 Å². The number of carbonyl (C=O) groups excluding carboxylic acids is 1. The number of ether oxygens (including phenoxy) is 1. The van der Waals surface area contributed by atoms with Crippen LogP contribution in [0.4, 0.5) is 18.0 Å². The van der Waals surface area contributed by atoms with E-state index >= 15 is 0 Å². The summed E-state index contributed by atoms with van der Waals surface area (Å²) >= 11 is 0. The summed E-state index contributed by atoms with van der Waals surface area (Å²) in [4.78, 5) is 17.8. The van der Waals surface area contributed by atoms with Gasteiger partial charge >= 0.3 is 12.3 Å². The molecule has 0 atom stereocenters. The van der Waals surface area contributed by atoms with Crippen molar-refractivity contribution in [2.75, 3.05) is 13.1 Å². The number of alkyl halides is 3. The number of halogens is 3. The van der Waals surface area contributed by atoms with Crippen LogP contribution in [-0.2, 0) is 10.2 Å². The van der Waals surface area contributed by atoms with Crippen molar-refractivity contribution in [2.45, 2.75) is 56.7 Å². The molecule has 156 valence electrons. The first-order valence-electron chi connectivity index (χ1n) is 9.56. The number of nitrogens with zero attached hydrogens (tertiary/aromatic N) is 3. The van der Waals surface area contributed by atoms with Gasteiger partial charge in [-0.2, -0.15) is 18.3 Å². The first kappa shape index (κ1) is 19.7. The van der Waals surface area contributed by atoms with Crippen LogP contribution < -0.4 is 0 Å². The third kappa shape index (κ3) is 3.70. The lowest BCUT2D eigenvalue weighted by Gasteiger charge is -2.40. The van der Waals surface area contributed by atoms with Gasteiger partial charge in [0.05, 0.1) is 0 Å². The van der Waals surface area contributed by atoms with Gasteiger partial charge in [0, 0.05) is 24.6 Å². The Labute approximate surface area is 166 Å². The fourth-order valence-corrected chi connectivity index (χ4v) is 3.45. The van der Waals surface area contributed by atoms with Crippen molar-refractivity contribution < 1.29 is 22.7 Å². The van der Waals surface area contributed by atoms with E-state index in [0.717, 1.165) is 5.56 Å². The fourth-order valence-electron chi connectivity index (χ4n) is 3.45. The molecular formula is C20H23F3N4O2. The van der Waals surface area contributed by atoms with Crippen molar-refractivity contribution >= 4 is 6.09 Å². The first-order chi connectivity index (χ1) is 13.5. The van der Waals surface area contributed by atoms with E-state index in [2.05, 4.69) is 15.2 Å². The van der Waals surface area contributed by atoms with Crippen LogP contribution in [0.25, 0.3) is 11.4 Å². The number of nitrogens with one attached hydrogen (secondary N) is 1. The molecule has 0 spiro atoms. The minimum absolute atomic E-state index is 0.0416. The summed E-state index contributed by atoms with van der Waals surface area (Å²) in [5, 5.41) is 6.45. The second-order valence-electron chi connectivity index (χ2n) is 8.79. The quantitative estimate of drug-likeness (QED) is 0.817. The van der Waals surface area contributed by atoms with Gasteiger partial charge in [-0.25, -0.2) is 9.78 Å². The molecule has 0 bridgehead atoms. The second kappa shape index (κ2) is 6.47. The average molecular weight is 408 g/mol. The molecular weight excluding hydrogens is 385 g/mol. The highest BCUT2D eigenvalue weighted by Crippen LogP contribution is 2.57. The molecule has 2 heterocycles. The molecule has 6 nitrogen and oxygen atoms in total. The van der Waals surface area contributed by atoms with Crippen molar-refractivity contribution in [3.63, 3.8) is 0 Å². The Morgan fingerprint density at radius 2 is 1.79 bits per heavy atom. The standard InChI is InChI=1S/C20H23F3N4O2/c1-18(2,3)29-17(28)27-10-14(11-27)12-4-6-13(7-5-12)15-24-16(26-25-15)19(8-9-19)20(21,22)23/h4-7,14H,8-11H2,1-3H3,(H,24,25,26). The van der Waals surface area contributed by atoms with Gasteiger partial charge < -0.3 is 9.64 Å². The number of rotatable bonds is 3. The smallest absolute Gasteiger partial charge is 0.410 e. The highest BCUT2D eigenvalue weighted by Gasteiger charge is 2.66. The van der Waals surface area contributed by atoms with Gasteiger partial charge in [0.25, 0.3) is 0 Å². The third-order valence-electron chi connectivity index (χ3n) is 5.40. The Morgan fingerprint density at radius 1 is 1.17 bits per heavy atom. The number of carbonyl (C=O) groups is 1. The molecule has 0 radical (unpaired) electrons. The van der Waals surface area contributed by atoms with Gasteiger partial charge in [-0.05, 0) is 39.2 Å². The summed E-state index contributed by atoms with van der Waals surface area (Å²) in [6, 6.07) is 7.40. The van der Waals surface area contributed by atoms with Gasteiger partial charge in [0.2, 0.25) is 0 Å². The molecule has 1 aromatic carbocycles. The second-order valence-corrected chi connectivity index (χ2v) is 8.79. The maximum absolute atomic E-state index is 13.2. The molecule has 1 saturated heterocycles. The van der Waals surface area contributed by atoms with Crippen LogP contribution in [0.15, 0.2) is 24.3 Å². The van der Waals surface area contributed by atoms with Gasteiger partial charge in [-0.1, -0.05) is 24.3 Å². The van der Waals surface area contributed by atoms with Crippen molar-refractivity contribution in [3.05, 3.63) is 35.7 Å². The average Bonchev–Trinajstić information content (AvgIpc) is 3.24. The zero-order valence-electron chi connectivity index (χ0n) is 16.5. The molecule has 4 rings (SSSR count). The maximum atomic E-state index is 13.2. The third-order valence-corrected chi connectivity index (χ3v) is 5.40. The van der Waals surface area contributed by atoms with E-state index in [-0.39, 0.29) is 36.5 Å². The Bertz CT molecular complexity index is 905. The summed E-state index contributed by atoms with van der Waals surface area (Å²) in [5.74, 6) is 0.348. The van der Waals surface area contributed by atoms with Gasteiger partial charge in [-0.3, -0.25) is 5.10 Å². The van der Waals surface area contributed by atoms with Crippen molar-refractivity contribution in [2.24, 2.45) is 0 Å². The van der Waals surface area contributed by atoms with Gasteiger partial charge in [0.15, 0.2) is 5.82 Å². The van der Waals surface area contributed by atoms with Gasteiger partial charge in [-0.15, -0.1) is 0 Å². The van der Waals surface area contributed by atoms with Crippen LogP contribution in [0.1, 0.15) is 50.9 Å². The van der Waals surface area contributed by atoms with Gasteiger partial charge in [0.1, 0.15) is 16.8 Å². The molecule has 1 amide bonds. The Morgan fingerprint density at radius 3 is 2.31 bits per heavy atom. The molecule has 9 heteroatoms. The molecule has 1 aromatic heterocycles. The lowest BCUT2D eigenvalue weighted by molar-refractivity contribution is -0.162.